The Kier molecular flexibility index (Phi) is 1.60. The summed E-state index contributed by atoms with van der Waals surface area (Å²) in [7, 11) is 0. The van der Waals surface area contributed by atoms with Gasteiger partial charge in [0, 0.05) is 6.42 Å². The van der Waals surface area contributed by atoms with Gasteiger partial charge in [0.2, 0.25) is 0 Å². The first kappa shape index (κ1) is 7.98. The zero-order valence-electron chi connectivity index (χ0n) is 7.99. The molecule has 0 heterocycles. The van der Waals surface area contributed by atoms with E-state index < -0.39 is 0 Å². The van der Waals surface area contributed by atoms with Gasteiger partial charge in [-0.25, -0.2) is 0 Å². The van der Waals surface area contributed by atoms with Crippen LogP contribution in [0.15, 0.2) is 30.3 Å². The van der Waals surface area contributed by atoms with Crippen LogP contribution in [0.5, 0.6) is 0 Å². The predicted molar refractivity (Wildman–Crippen MR) is 55.9 cm³/mol. The molecule has 1 aromatic carbocycles. The van der Waals surface area contributed by atoms with Gasteiger partial charge in [0.05, 0.1) is 0 Å². The van der Waals surface area contributed by atoms with Gasteiger partial charge in [-0.2, -0.15) is 0 Å². The molecule has 0 aromatic heterocycles. The first-order valence-electron chi connectivity index (χ1n) is 5.17. The predicted octanol–water partition coefficient (Wildman–Crippen LogP) is 2.61. The molecule has 0 amide bonds. The van der Waals surface area contributed by atoms with E-state index in [1.54, 1.807) is 0 Å². The van der Waals surface area contributed by atoms with E-state index in [0.717, 1.165) is 19.3 Å². The van der Waals surface area contributed by atoms with Gasteiger partial charge in [0.25, 0.3) is 0 Å². The highest BCUT2D eigenvalue weighted by Gasteiger charge is 2.29. The lowest BCUT2D eigenvalue weighted by Crippen LogP contribution is -2.09. The molecular weight excluding hydrogens is 172 g/mol. The number of hydrogen-bond acceptors (Lipinski definition) is 1. The smallest absolute Gasteiger partial charge is 0.156 e. The van der Waals surface area contributed by atoms with Crippen molar-refractivity contribution in [3.05, 3.63) is 41.5 Å². The molecule has 1 heteroatoms. The summed E-state index contributed by atoms with van der Waals surface area (Å²) < 4.78 is 0. The number of allylic oxidation sites excluding steroid dienone is 2. The fraction of sp³-hybridized carbons (Fsp3) is 0.308. The molecule has 0 saturated heterocycles. The summed E-state index contributed by atoms with van der Waals surface area (Å²) >= 11 is 0. The van der Waals surface area contributed by atoms with Crippen LogP contribution < -0.4 is 0 Å². The van der Waals surface area contributed by atoms with Gasteiger partial charge in [-0.15, -0.1) is 0 Å². The van der Waals surface area contributed by atoms with Crippen LogP contribution in [0.3, 0.4) is 0 Å². The van der Waals surface area contributed by atoms with Gasteiger partial charge in [0.1, 0.15) is 0 Å². The molecule has 1 atom stereocenters. The van der Waals surface area contributed by atoms with Crippen LogP contribution in [0.25, 0.3) is 5.57 Å². The van der Waals surface area contributed by atoms with Crippen LogP contribution >= 0.6 is 0 Å². The molecule has 1 unspecified atom stereocenters. The maximum Gasteiger partial charge on any atom is 0.156 e. The maximum atomic E-state index is 11.3. The Hall–Kier alpha value is -1.37. The van der Waals surface area contributed by atoms with Crippen LogP contribution in [0.2, 0.25) is 0 Å². The van der Waals surface area contributed by atoms with Gasteiger partial charge in [-0.05, 0) is 41.5 Å². The fourth-order valence-corrected chi connectivity index (χ4v) is 2.59. The SMILES string of the molecule is O=C1C=C2c3ccccc3CC2CC1. The van der Waals surface area contributed by atoms with E-state index in [0.29, 0.717) is 11.7 Å². The molecular formula is C13H12O. The van der Waals surface area contributed by atoms with Crippen molar-refractivity contribution in [2.75, 3.05) is 0 Å². The van der Waals surface area contributed by atoms with Crippen molar-refractivity contribution in [2.45, 2.75) is 19.3 Å². The van der Waals surface area contributed by atoms with Crippen LogP contribution in [-0.2, 0) is 11.2 Å². The lowest BCUT2D eigenvalue weighted by molar-refractivity contribution is -0.115. The quantitative estimate of drug-likeness (QED) is 0.605. The van der Waals surface area contributed by atoms with Crippen molar-refractivity contribution < 1.29 is 4.79 Å². The molecule has 0 fully saturated rings. The maximum absolute atomic E-state index is 11.3. The van der Waals surface area contributed by atoms with Gasteiger partial charge in [-0.3, -0.25) is 4.79 Å². The number of fused-ring (bicyclic) bond motifs is 3. The van der Waals surface area contributed by atoms with Crippen molar-refractivity contribution in [3.8, 4) is 0 Å². The number of carbonyl (C=O) groups is 1. The van der Waals surface area contributed by atoms with Crippen LogP contribution in [0, 0.1) is 5.92 Å². The number of rotatable bonds is 0. The molecule has 1 aromatic rings. The summed E-state index contributed by atoms with van der Waals surface area (Å²) in [6.07, 6.45) is 4.77. The molecule has 70 valence electrons. The second-order valence-corrected chi connectivity index (χ2v) is 4.16. The second-order valence-electron chi connectivity index (χ2n) is 4.16. The van der Waals surface area contributed by atoms with Gasteiger partial charge in [0.15, 0.2) is 5.78 Å². The molecule has 14 heavy (non-hydrogen) atoms. The molecule has 0 bridgehead atoms. The third-order valence-electron chi connectivity index (χ3n) is 3.29. The van der Waals surface area contributed by atoms with Gasteiger partial charge in [-0.1, -0.05) is 24.3 Å². The summed E-state index contributed by atoms with van der Waals surface area (Å²) in [5.41, 5.74) is 4.01. The molecule has 3 rings (SSSR count). The average Bonchev–Trinajstić information content (AvgIpc) is 2.56. The lowest BCUT2D eigenvalue weighted by Gasteiger charge is -2.15. The van der Waals surface area contributed by atoms with Crippen molar-refractivity contribution in [3.63, 3.8) is 0 Å². The number of hydrogen-bond donors (Lipinski definition) is 0. The second kappa shape index (κ2) is 2.81. The van der Waals surface area contributed by atoms with Crippen molar-refractivity contribution in [1.82, 2.24) is 0 Å². The Bertz CT molecular complexity index is 429. The van der Waals surface area contributed by atoms with E-state index in [2.05, 4.69) is 24.3 Å². The molecule has 0 spiro atoms. The Morgan fingerprint density at radius 2 is 2.07 bits per heavy atom. The number of carbonyl (C=O) groups excluding carboxylic acids is 1. The van der Waals surface area contributed by atoms with Crippen LogP contribution in [0.4, 0.5) is 0 Å². The monoisotopic (exact) mass is 184 g/mol. The van der Waals surface area contributed by atoms with Crippen LogP contribution in [0.1, 0.15) is 24.0 Å². The highest BCUT2D eigenvalue weighted by molar-refractivity contribution is 6.00. The minimum absolute atomic E-state index is 0.299. The molecule has 0 N–H and O–H groups in total. The number of ketones is 1. The van der Waals surface area contributed by atoms with E-state index in [4.69, 9.17) is 0 Å². The Balaban J connectivity index is 2.15. The first-order valence-corrected chi connectivity index (χ1v) is 5.17. The molecule has 2 aliphatic rings. The Morgan fingerprint density at radius 3 is 3.00 bits per heavy atom. The summed E-state index contributed by atoms with van der Waals surface area (Å²) in [6, 6.07) is 8.46. The Labute approximate surface area is 83.4 Å². The highest BCUT2D eigenvalue weighted by Crippen LogP contribution is 2.41. The van der Waals surface area contributed by atoms with E-state index >= 15 is 0 Å². The summed E-state index contributed by atoms with van der Waals surface area (Å²) in [5, 5.41) is 0. The third-order valence-corrected chi connectivity index (χ3v) is 3.29. The topological polar surface area (TPSA) is 17.1 Å². The van der Waals surface area contributed by atoms with Crippen LogP contribution in [-0.4, -0.2) is 5.78 Å². The zero-order valence-corrected chi connectivity index (χ0v) is 7.99. The largest absolute Gasteiger partial charge is 0.295 e. The van der Waals surface area contributed by atoms with E-state index in [-0.39, 0.29) is 0 Å². The van der Waals surface area contributed by atoms with E-state index in [9.17, 15) is 4.79 Å². The minimum Gasteiger partial charge on any atom is -0.295 e. The zero-order chi connectivity index (χ0) is 9.54. The fourth-order valence-electron chi connectivity index (χ4n) is 2.59. The normalized spacial score (nSPS) is 24.1. The van der Waals surface area contributed by atoms with E-state index in [1.807, 2.05) is 6.08 Å². The minimum atomic E-state index is 0.299. The standard InChI is InChI=1S/C13H12O/c14-11-6-5-10-7-9-3-1-2-4-12(9)13(10)8-11/h1-4,8,10H,5-7H2. The summed E-state index contributed by atoms with van der Waals surface area (Å²) in [5.74, 6) is 0.915. The third kappa shape index (κ3) is 1.05. The van der Waals surface area contributed by atoms with Crippen molar-refractivity contribution >= 4 is 11.4 Å². The molecule has 1 nitrogen and oxygen atoms in total. The lowest BCUT2D eigenvalue weighted by atomic mass is 9.88. The first-order chi connectivity index (χ1) is 6.84. The van der Waals surface area contributed by atoms with Crippen molar-refractivity contribution in [1.29, 1.82) is 0 Å². The molecule has 2 aliphatic carbocycles. The average molecular weight is 184 g/mol. The summed E-state index contributed by atoms with van der Waals surface area (Å²) in [6.45, 7) is 0. The Morgan fingerprint density at radius 1 is 1.21 bits per heavy atom. The highest BCUT2D eigenvalue weighted by atomic mass is 16.1. The van der Waals surface area contributed by atoms with Crippen molar-refractivity contribution in [2.24, 2.45) is 5.92 Å². The molecule has 0 saturated carbocycles. The van der Waals surface area contributed by atoms with Gasteiger partial charge >= 0.3 is 0 Å². The summed E-state index contributed by atoms with van der Waals surface area (Å²) in [4.78, 5) is 11.3. The number of benzene rings is 1. The molecule has 0 aliphatic heterocycles. The van der Waals surface area contributed by atoms with E-state index in [1.165, 1.54) is 16.7 Å². The molecule has 0 radical (unpaired) electrons. The van der Waals surface area contributed by atoms with Gasteiger partial charge < -0.3 is 0 Å².